The predicted octanol–water partition coefficient (Wildman–Crippen LogP) is 2.76. The van der Waals surface area contributed by atoms with Crippen molar-refractivity contribution in [2.24, 2.45) is 28.9 Å². The lowest BCUT2D eigenvalue weighted by molar-refractivity contribution is -0.125. The summed E-state index contributed by atoms with van der Waals surface area (Å²) in [6, 6.07) is 0.172. The van der Waals surface area contributed by atoms with Gasteiger partial charge in [0.1, 0.15) is 5.78 Å². The Morgan fingerprint density at radius 2 is 1.88 bits per heavy atom. The van der Waals surface area contributed by atoms with Crippen molar-refractivity contribution in [3.05, 3.63) is 0 Å². The zero-order valence-corrected chi connectivity index (χ0v) is 10.8. The lowest BCUT2D eigenvalue weighted by Crippen LogP contribution is -2.40. The molecule has 0 saturated heterocycles. The molecule has 2 aliphatic rings. The largest absolute Gasteiger partial charge is 0.327 e. The third-order valence-corrected chi connectivity index (χ3v) is 4.47. The first-order valence-corrected chi connectivity index (χ1v) is 6.67. The Morgan fingerprint density at radius 1 is 1.25 bits per heavy atom. The number of rotatable bonds is 3. The second-order valence-corrected chi connectivity index (χ2v) is 6.96. The van der Waals surface area contributed by atoms with E-state index in [-0.39, 0.29) is 17.4 Å². The molecule has 2 heteroatoms. The van der Waals surface area contributed by atoms with Crippen molar-refractivity contribution in [2.75, 3.05) is 0 Å². The summed E-state index contributed by atoms with van der Waals surface area (Å²) in [6.07, 6.45) is 5.43. The monoisotopic (exact) mass is 223 g/mol. The Hall–Kier alpha value is -0.370. The van der Waals surface area contributed by atoms with Crippen molar-refractivity contribution >= 4 is 5.78 Å². The summed E-state index contributed by atoms with van der Waals surface area (Å²) >= 11 is 0. The highest BCUT2D eigenvalue weighted by Gasteiger charge is 2.48. The first-order chi connectivity index (χ1) is 7.38. The molecule has 0 aromatic heterocycles. The molecule has 4 unspecified atom stereocenters. The van der Waals surface area contributed by atoms with Gasteiger partial charge in [-0.3, -0.25) is 4.79 Å². The van der Waals surface area contributed by atoms with Gasteiger partial charge in [-0.1, -0.05) is 20.8 Å². The summed E-state index contributed by atoms with van der Waals surface area (Å²) in [6.45, 7) is 6.59. The molecule has 2 saturated carbocycles. The van der Waals surface area contributed by atoms with E-state index in [0.29, 0.717) is 17.6 Å². The van der Waals surface area contributed by atoms with Crippen LogP contribution in [0.1, 0.15) is 52.9 Å². The van der Waals surface area contributed by atoms with Gasteiger partial charge in [0.05, 0.1) is 0 Å². The molecular formula is C14H25NO. The van der Waals surface area contributed by atoms with Gasteiger partial charge in [-0.15, -0.1) is 0 Å². The van der Waals surface area contributed by atoms with Crippen LogP contribution in [0.5, 0.6) is 0 Å². The topological polar surface area (TPSA) is 43.1 Å². The van der Waals surface area contributed by atoms with Crippen LogP contribution < -0.4 is 5.73 Å². The minimum atomic E-state index is 0.172. The lowest BCUT2D eigenvalue weighted by atomic mass is 9.79. The molecule has 0 amide bonds. The fourth-order valence-corrected chi connectivity index (χ4v) is 3.48. The van der Waals surface area contributed by atoms with E-state index in [9.17, 15) is 4.79 Å². The van der Waals surface area contributed by atoms with E-state index >= 15 is 0 Å². The number of hydrogen-bond acceptors (Lipinski definition) is 2. The number of Topliss-reactive ketones (excluding diaryl/α,β-unsaturated/α-hetero) is 1. The number of hydrogen-bond donors (Lipinski definition) is 1. The molecule has 0 aromatic carbocycles. The number of fused-ring (bicyclic) bond motifs is 2. The average Bonchev–Trinajstić information content (AvgIpc) is 2.73. The highest BCUT2D eigenvalue weighted by Crippen LogP contribution is 2.48. The van der Waals surface area contributed by atoms with Gasteiger partial charge in [-0.2, -0.15) is 0 Å². The van der Waals surface area contributed by atoms with E-state index in [1.165, 1.54) is 19.3 Å². The molecule has 92 valence electrons. The van der Waals surface area contributed by atoms with Gasteiger partial charge in [0.25, 0.3) is 0 Å². The van der Waals surface area contributed by atoms with Crippen LogP contribution in [0, 0.1) is 23.2 Å². The zero-order valence-electron chi connectivity index (χ0n) is 10.8. The summed E-state index contributed by atoms with van der Waals surface area (Å²) in [7, 11) is 0. The van der Waals surface area contributed by atoms with Gasteiger partial charge >= 0.3 is 0 Å². The normalized spacial score (nSPS) is 38.0. The van der Waals surface area contributed by atoms with Crippen molar-refractivity contribution in [3.63, 3.8) is 0 Å². The van der Waals surface area contributed by atoms with E-state index < -0.39 is 0 Å². The summed E-state index contributed by atoms with van der Waals surface area (Å²) in [5, 5.41) is 0. The second kappa shape index (κ2) is 4.14. The number of carbonyl (C=O) groups excluding carboxylic acids is 1. The van der Waals surface area contributed by atoms with Crippen molar-refractivity contribution in [1.29, 1.82) is 0 Å². The first-order valence-electron chi connectivity index (χ1n) is 6.67. The van der Waals surface area contributed by atoms with E-state index in [2.05, 4.69) is 20.8 Å². The standard InChI is InChI=1S/C14H25NO/c1-14(2,3)7-6-11(16)12-9-4-5-10(8-9)13(12)15/h9-10,12-13H,4-8,15H2,1-3H3. The second-order valence-electron chi connectivity index (χ2n) is 6.96. The van der Waals surface area contributed by atoms with Crippen LogP contribution in [0.15, 0.2) is 0 Å². The van der Waals surface area contributed by atoms with Crippen molar-refractivity contribution < 1.29 is 4.79 Å². The molecule has 2 aliphatic carbocycles. The van der Waals surface area contributed by atoms with Gasteiger partial charge in [0.2, 0.25) is 0 Å². The van der Waals surface area contributed by atoms with Crippen LogP contribution in [-0.2, 0) is 4.79 Å². The summed E-state index contributed by atoms with van der Waals surface area (Å²) in [4.78, 5) is 12.2. The fraction of sp³-hybridized carbons (Fsp3) is 0.929. The fourth-order valence-electron chi connectivity index (χ4n) is 3.48. The summed E-state index contributed by atoms with van der Waals surface area (Å²) < 4.78 is 0. The van der Waals surface area contributed by atoms with Crippen molar-refractivity contribution in [2.45, 2.75) is 58.9 Å². The third-order valence-electron chi connectivity index (χ3n) is 4.47. The Labute approximate surface area is 99.0 Å². The zero-order chi connectivity index (χ0) is 11.9. The van der Waals surface area contributed by atoms with Gasteiger partial charge in [0.15, 0.2) is 0 Å². The molecule has 2 fully saturated rings. The number of carbonyl (C=O) groups is 1. The molecule has 2 nitrogen and oxygen atoms in total. The first kappa shape index (κ1) is 12.1. The van der Waals surface area contributed by atoms with Crippen molar-refractivity contribution in [3.8, 4) is 0 Å². The maximum atomic E-state index is 12.2. The minimum Gasteiger partial charge on any atom is -0.327 e. The molecule has 0 spiro atoms. The Morgan fingerprint density at radius 3 is 2.38 bits per heavy atom. The van der Waals surface area contributed by atoms with Crippen LogP contribution in [0.4, 0.5) is 0 Å². The molecule has 2 bridgehead atoms. The van der Waals surface area contributed by atoms with Gasteiger partial charge < -0.3 is 5.73 Å². The van der Waals surface area contributed by atoms with E-state index in [1.807, 2.05) is 0 Å². The third kappa shape index (κ3) is 2.32. The Kier molecular flexibility index (Phi) is 3.13. The maximum absolute atomic E-state index is 12.2. The Bertz CT molecular complexity index is 277. The maximum Gasteiger partial charge on any atom is 0.137 e. The predicted molar refractivity (Wildman–Crippen MR) is 66.0 cm³/mol. The molecule has 0 aliphatic heterocycles. The van der Waals surface area contributed by atoms with Crippen LogP contribution >= 0.6 is 0 Å². The number of ketones is 1. The van der Waals surface area contributed by atoms with Crippen LogP contribution in [-0.4, -0.2) is 11.8 Å². The number of nitrogens with two attached hydrogens (primary N) is 1. The Balaban J connectivity index is 1.91. The molecule has 4 atom stereocenters. The van der Waals surface area contributed by atoms with Crippen LogP contribution in [0.25, 0.3) is 0 Å². The SMILES string of the molecule is CC(C)(C)CCC(=O)C1C2CCC(C2)C1N. The van der Waals surface area contributed by atoms with E-state index in [0.717, 1.165) is 12.8 Å². The highest BCUT2D eigenvalue weighted by atomic mass is 16.1. The quantitative estimate of drug-likeness (QED) is 0.799. The van der Waals surface area contributed by atoms with Crippen LogP contribution in [0.2, 0.25) is 0 Å². The lowest BCUT2D eigenvalue weighted by Gasteiger charge is -2.28. The molecule has 2 N–H and O–H groups in total. The molecule has 2 rings (SSSR count). The summed E-state index contributed by atoms with van der Waals surface area (Å²) in [5.74, 6) is 1.90. The smallest absolute Gasteiger partial charge is 0.137 e. The molecular weight excluding hydrogens is 198 g/mol. The van der Waals surface area contributed by atoms with Crippen LogP contribution in [0.3, 0.4) is 0 Å². The van der Waals surface area contributed by atoms with Crippen molar-refractivity contribution in [1.82, 2.24) is 0 Å². The molecule has 16 heavy (non-hydrogen) atoms. The van der Waals surface area contributed by atoms with Gasteiger partial charge in [0, 0.05) is 18.4 Å². The van der Waals surface area contributed by atoms with Gasteiger partial charge in [-0.05, 0) is 42.9 Å². The average molecular weight is 223 g/mol. The summed E-state index contributed by atoms with van der Waals surface area (Å²) in [5.41, 5.74) is 6.44. The molecule has 0 aromatic rings. The minimum absolute atomic E-state index is 0.172. The highest BCUT2D eigenvalue weighted by molar-refractivity contribution is 5.82. The molecule has 0 heterocycles. The van der Waals surface area contributed by atoms with E-state index in [1.54, 1.807) is 0 Å². The van der Waals surface area contributed by atoms with Gasteiger partial charge in [-0.25, -0.2) is 0 Å². The molecule has 0 radical (unpaired) electrons. The van der Waals surface area contributed by atoms with E-state index in [4.69, 9.17) is 5.73 Å².